The molecule has 0 saturated heterocycles. The summed E-state index contributed by atoms with van der Waals surface area (Å²) >= 11 is 0. The van der Waals surface area contributed by atoms with Gasteiger partial charge in [0, 0.05) is 15.9 Å². The van der Waals surface area contributed by atoms with Crippen molar-refractivity contribution in [3.8, 4) is 0 Å². The molecule has 0 aromatic rings. The quantitative estimate of drug-likeness (QED) is 0.234. The van der Waals surface area contributed by atoms with Crippen molar-refractivity contribution in [1.29, 1.82) is 0 Å². The molecule has 0 amide bonds. The molecule has 1 aliphatic rings. The van der Waals surface area contributed by atoms with Gasteiger partial charge in [-0.25, -0.2) is 0 Å². The van der Waals surface area contributed by atoms with Gasteiger partial charge in [-0.15, -0.1) is 0 Å². The Morgan fingerprint density at radius 2 is 1.95 bits per heavy atom. The maximum Gasteiger partial charge on any atom is 0.264 e. The molecule has 0 bridgehead atoms. The fourth-order valence-electron chi connectivity index (χ4n) is 2.71. The largest absolute Gasteiger partial charge is 0.267 e. The van der Waals surface area contributed by atoms with Crippen LogP contribution < -0.4 is 0 Å². The van der Waals surface area contributed by atoms with Gasteiger partial charge in [0.1, 0.15) is 0 Å². The number of rotatable bonds is 7. The van der Waals surface area contributed by atoms with E-state index in [-0.39, 0.29) is 18.5 Å². The van der Waals surface area contributed by atoms with Gasteiger partial charge in [0.25, 0.3) is 10.1 Å². The maximum absolute atomic E-state index is 11.3. The molecule has 0 aromatic heterocycles. The average molecular weight is 316 g/mol. The van der Waals surface area contributed by atoms with E-state index < -0.39 is 16.2 Å². The van der Waals surface area contributed by atoms with Crippen LogP contribution in [0.1, 0.15) is 38.5 Å². The van der Waals surface area contributed by atoms with E-state index in [2.05, 4.69) is 20.1 Å². The van der Waals surface area contributed by atoms with Crippen molar-refractivity contribution in [2.24, 2.45) is 16.1 Å². The second-order valence-electron chi connectivity index (χ2n) is 5.24. The first-order valence-electron chi connectivity index (χ1n) is 6.89. The van der Waals surface area contributed by atoms with Crippen molar-refractivity contribution in [3.05, 3.63) is 20.9 Å². The van der Waals surface area contributed by atoms with E-state index in [1.807, 2.05) is 0 Å². The van der Waals surface area contributed by atoms with Gasteiger partial charge in [-0.3, -0.25) is 4.18 Å². The van der Waals surface area contributed by atoms with Crippen molar-refractivity contribution in [3.63, 3.8) is 0 Å². The third kappa shape index (κ3) is 7.19. The highest BCUT2D eigenvalue weighted by Crippen LogP contribution is 2.30. The van der Waals surface area contributed by atoms with Crippen LogP contribution >= 0.6 is 0 Å². The Morgan fingerprint density at radius 3 is 2.57 bits per heavy atom. The molecule has 1 aliphatic carbocycles. The van der Waals surface area contributed by atoms with Gasteiger partial charge in [0.15, 0.2) is 0 Å². The van der Waals surface area contributed by atoms with Crippen LogP contribution in [0.4, 0.5) is 0 Å². The van der Waals surface area contributed by atoms with Crippen LogP contribution in [0.15, 0.2) is 10.2 Å². The van der Waals surface area contributed by atoms with E-state index in [0.717, 1.165) is 38.4 Å². The monoisotopic (exact) mass is 316 g/mol. The van der Waals surface area contributed by atoms with Gasteiger partial charge in [-0.05, 0) is 36.2 Å². The average Bonchev–Trinajstić information content (AvgIpc) is 2.61. The van der Waals surface area contributed by atoms with Crippen LogP contribution in [0.5, 0.6) is 0 Å². The van der Waals surface area contributed by atoms with Gasteiger partial charge in [0.05, 0.1) is 18.9 Å². The van der Waals surface area contributed by atoms with E-state index in [4.69, 9.17) is 15.2 Å². The molecule has 3 atom stereocenters. The molecule has 118 valence electrons. The highest BCUT2D eigenvalue weighted by atomic mass is 32.2. The molecule has 0 heterocycles. The van der Waals surface area contributed by atoms with E-state index in [1.54, 1.807) is 0 Å². The molecule has 21 heavy (non-hydrogen) atoms. The summed E-state index contributed by atoms with van der Waals surface area (Å²) in [5.41, 5.74) is 17.0. The fourth-order valence-corrected chi connectivity index (χ4v) is 3.35. The molecule has 0 aromatic carbocycles. The minimum atomic E-state index is -3.63. The van der Waals surface area contributed by atoms with Crippen LogP contribution in [0.25, 0.3) is 20.9 Å². The zero-order chi connectivity index (χ0) is 15.7. The normalized spacial score (nSPS) is 24.2. The lowest BCUT2D eigenvalue weighted by Gasteiger charge is -2.25. The summed E-state index contributed by atoms with van der Waals surface area (Å²) in [5.74, 6) is 0.0454. The van der Waals surface area contributed by atoms with Gasteiger partial charge >= 0.3 is 0 Å². The molecule has 1 fully saturated rings. The Hall–Kier alpha value is -1.47. The molecular weight excluding hydrogens is 296 g/mol. The molecule has 9 nitrogen and oxygen atoms in total. The predicted molar refractivity (Wildman–Crippen MR) is 77.9 cm³/mol. The molecule has 0 N–H and O–H groups in total. The zero-order valence-electron chi connectivity index (χ0n) is 12.0. The fraction of sp³-hybridized carbons (Fsp3) is 1.00. The number of nitrogens with zero attached hydrogens (tertiary/aromatic N) is 6. The molecule has 1 rings (SSSR count). The summed E-state index contributed by atoms with van der Waals surface area (Å²) < 4.78 is 27.5. The van der Waals surface area contributed by atoms with E-state index in [9.17, 15) is 8.42 Å². The topological polar surface area (TPSA) is 141 Å². The van der Waals surface area contributed by atoms with Crippen LogP contribution in [0.2, 0.25) is 0 Å². The molecule has 10 heteroatoms. The lowest BCUT2D eigenvalue weighted by molar-refractivity contribution is 0.170. The van der Waals surface area contributed by atoms with E-state index in [0.29, 0.717) is 6.42 Å². The van der Waals surface area contributed by atoms with Crippen LogP contribution in [-0.2, 0) is 14.3 Å². The Balaban J connectivity index is 2.81. The molecule has 0 spiro atoms. The summed E-state index contributed by atoms with van der Waals surface area (Å²) in [4.78, 5) is 5.52. The van der Waals surface area contributed by atoms with Crippen molar-refractivity contribution < 1.29 is 12.6 Å². The Bertz CT molecular complexity index is 524. The first-order valence-corrected chi connectivity index (χ1v) is 8.71. The summed E-state index contributed by atoms with van der Waals surface area (Å²) in [6, 6.07) is -0.158. The SMILES string of the molecule is CS(=O)(=O)O[C@@H](CN=[N+]=[N-])C[C@@H]1CCCCC[C@H]1N=[N+]=[N-]. The summed E-state index contributed by atoms with van der Waals surface area (Å²) in [6.07, 6.45) is 5.37. The number of hydrogen-bond donors (Lipinski definition) is 0. The second-order valence-corrected chi connectivity index (χ2v) is 6.84. The van der Waals surface area contributed by atoms with Gasteiger partial charge in [-0.2, -0.15) is 8.42 Å². The third-order valence-corrected chi connectivity index (χ3v) is 4.17. The second kappa shape index (κ2) is 8.74. The minimum absolute atomic E-state index is 0.0454. The van der Waals surface area contributed by atoms with Crippen molar-refractivity contribution in [2.45, 2.75) is 50.7 Å². The van der Waals surface area contributed by atoms with Gasteiger partial charge < -0.3 is 0 Å². The Morgan fingerprint density at radius 1 is 1.24 bits per heavy atom. The Labute approximate surface area is 124 Å². The highest BCUT2D eigenvalue weighted by Gasteiger charge is 2.27. The number of hydrogen-bond acceptors (Lipinski definition) is 5. The van der Waals surface area contributed by atoms with E-state index >= 15 is 0 Å². The van der Waals surface area contributed by atoms with Gasteiger partial charge in [-0.1, -0.05) is 29.5 Å². The third-order valence-electron chi connectivity index (χ3n) is 3.54. The van der Waals surface area contributed by atoms with Crippen LogP contribution in [-0.4, -0.2) is 33.4 Å². The van der Waals surface area contributed by atoms with Crippen LogP contribution in [0, 0.1) is 5.92 Å². The minimum Gasteiger partial charge on any atom is -0.267 e. The van der Waals surface area contributed by atoms with E-state index in [1.165, 1.54) is 0 Å². The summed E-state index contributed by atoms with van der Waals surface area (Å²) in [5, 5.41) is 7.23. The lowest BCUT2D eigenvalue weighted by Crippen LogP contribution is -2.28. The number of azide groups is 2. The predicted octanol–water partition coefficient (Wildman–Crippen LogP) is 3.29. The van der Waals surface area contributed by atoms with Crippen molar-refractivity contribution in [1.82, 2.24) is 0 Å². The highest BCUT2D eigenvalue weighted by molar-refractivity contribution is 7.86. The van der Waals surface area contributed by atoms with Crippen molar-refractivity contribution >= 4 is 10.1 Å². The summed E-state index contributed by atoms with van der Waals surface area (Å²) in [6.45, 7) is -0.0525. The first-order chi connectivity index (χ1) is 9.96. The van der Waals surface area contributed by atoms with Crippen molar-refractivity contribution in [2.75, 3.05) is 12.8 Å². The molecule has 0 radical (unpaired) electrons. The molecule has 0 aliphatic heterocycles. The summed E-state index contributed by atoms with van der Waals surface area (Å²) in [7, 11) is -3.63. The van der Waals surface area contributed by atoms with Crippen LogP contribution in [0.3, 0.4) is 0 Å². The molecule has 1 saturated carbocycles. The van der Waals surface area contributed by atoms with Gasteiger partial charge in [0.2, 0.25) is 0 Å². The lowest BCUT2D eigenvalue weighted by atomic mass is 9.90. The Kier molecular flexibility index (Phi) is 7.31. The maximum atomic E-state index is 11.3. The smallest absolute Gasteiger partial charge is 0.264 e. The first kappa shape index (κ1) is 17.6. The standard InChI is InChI=1S/C11H20N6O3S/c1-21(18,19)20-10(8-14-16-12)7-9-5-3-2-4-6-11(9)15-17-13/h9-11H,2-8H2,1H3/t9-,10+,11+/m0/s1. The molecule has 0 unspecified atom stereocenters. The zero-order valence-corrected chi connectivity index (χ0v) is 12.8. The molecular formula is C11H20N6O3S.